The van der Waals surface area contributed by atoms with Gasteiger partial charge in [0.2, 0.25) is 5.88 Å². The summed E-state index contributed by atoms with van der Waals surface area (Å²) in [5.41, 5.74) is 5.19. The molecule has 25 heavy (non-hydrogen) atoms. The molecule has 1 unspecified atom stereocenters. The van der Waals surface area contributed by atoms with Crippen LogP contribution in [0, 0.1) is 13.8 Å². The van der Waals surface area contributed by atoms with Gasteiger partial charge >= 0.3 is 0 Å². The molecule has 0 aliphatic rings. The highest BCUT2D eigenvalue weighted by molar-refractivity contribution is 5.69. The molecule has 0 radical (unpaired) electrons. The Hall–Kier alpha value is -2.67. The Labute approximate surface area is 147 Å². The maximum Gasteiger partial charge on any atom is 0.221 e. The van der Waals surface area contributed by atoms with E-state index in [2.05, 4.69) is 22.0 Å². The van der Waals surface area contributed by atoms with Crippen molar-refractivity contribution in [2.24, 2.45) is 7.05 Å². The van der Waals surface area contributed by atoms with E-state index < -0.39 is 0 Å². The van der Waals surface area contributed by atoms with Crippen LogP contribution in [0.1, 0.15) is 24.0 Å². The molecule has 0 aliphatic carbocycles. The second-order valence-corrected chi connectivity index (χ2v) is 6.17. The number of aromatic nitrogens is 5. The minimum atomic E-state index is 0.0142. The molecule has 0 fully saturated rings. The van der Waals surface area contributed by atoms with Gasteiger partial charge in [-0.15, -0.1) is 0 Å². The molecule has 0 saturated carbocycles. The van der Waals surface area contributed by atoms with E-state index in [4.69, 9.17) is 9.72 Å². The highest BCUT2D eigenvalue weighted by atomic mass is 16.5. The van der Waals surface area contributed by atoms with Gasteiger partial charge in [-0.2, -0.15) is 5.10 Å². The Morgan fingerprint density at radius 3 is 2.80 bits per heavy atom. The fourth-order valence-electron chi connectivity index (χ4n) is 3.02. The fourth-order valence-corrected chi connectivity index (χ4v) is 3.02. The maximum atomic E-state index is 6.13. The molecule has 0 saturated heterocycles. The van der Waals surface area contributed by atoms with Crippen molar-refractivity contribution >= 4 is 11.7 Å². The van der Waals surface area contributed by atoms with E-state index in [-0.39, 0.29) is 6.10 Å². The molecule has 3 aromatic rings. The molecule has 0 amide bonds. The molecule has 7 nitrogen and oxygen atoms in total. The monoisotopic (exact) mass is 340 g/mol. The minimum Gasteiger partial charge on any atom is -0.473 e. The Kier molecular flexibility index (Phi) is 4.59. The number of nitrogens with one attached hydrogen (secondary N) is 1. The number of likely N-dealkylation sites (N-methyl/N-ethyl adjacent to an activating group) is 1. The van der Waals surface area contributed by atoms with Gasteiger partial charge in [0.05, 0.1) is 34.5 Å². The first-order chi connectivity index (χ1) is 12.0. The van der Waals surface area contributed by atoms with E-state index in [1.54, 1.807) is 17.0 Å². The molecule has 0 spiro atoms. The normalized spacial score (nSPS) is 12.5. The van der Waals surface area contributed by atoms with Crippen LogP contribution in [0.15, 0.2) is 19.0 Å². The number of nitrogens with zero attached hydrogens (tertiary/aromatic N) is 5. The van der Waals surface area contributed by atoms with Crippen LogP contribution in [-0.2, 0) is 7.05 Å². The lowest BCUT2D eigenvalue weighted by molar-refractivity contribution is 0.203. The first-order valence-electron chi connectivity index (χ1n) is 8.28. The van der Waals surface area contributed by atoms with Crippen LogP contribution in [0.4, 0.5) is 0 Å². The number of hydrogen-bond acceptors (Lipinski definition) is 5. The van der Waals surface area contributed by atoms with Gasteiger partial charge in [-0.25, -0.2) is 14.6 Å². The van der Waals surface area contributed by atoms with E-state index in [0.717, 1.165) is 40.5 Å². The molecule has 3 rings (SSSR count). The van der Waals surface area contributed by atoms with Gasteiger partial charge in [0, 0.05) is 19.8 Å². The maximum absolute atomic E-state index is 6.13. The quantitative estimate of drug-likeness (QED) is 0.746. The first-order valence-corrected chi connectivity index (χ1v) is 8.28. The molecule has 0 aliphatic heterocycles. The van der Waals surface area contributed by atoms with Crippen molar-refractivity contribution in [3.63, 3.8) is 0 Å². The number of aryl methyl sites for hydroxylation is 3. The van der Waals surface area contributed by atoms with Gasteiger partial charge in [0.15, 0.2) is 5.65 Å². The lowest BCUT2D eigenvalue weighted by Crippen LogP contribution is -2.27. The van der Waals surface area contributed by atoms with Crippen molar-refractivity contribution in [1.82, 2.24) is 29.5 Å². The molecule has 0 bridgehead atoms. The van der Waals surface area contributed by atoms with Gasteiger partial charge in [0.1, 0.15) is 6.10 Å². The van der Waals surface area contributed by atoms with Gasteiger partial charge in [-0.1, -0.05) is 6.58 Å². The predicted octanol–water partition coefficient (Wildman–Crippen LogP) is 2.38. The van der Waals surface area contributed by atoms with Crippen molar-refractivity contribution in [3.05, 3.63) is 36.1 Å². The zero-order chi connectivity index (χ0) is 18.1. The van der Waals surface area contributed by atoms with Crippen molar-refractivity contribution in [3.8, 4) is 17.1 Å². The van der Waals surface area contributed by atoms with Crippen molar-refractivity contribution in [2.75, 3.05) is 13.6 Å². The zero-order valence-electron chi connectivity index (χ0n) is 15.4. The van der Waals surface area contributed by atoms with E-state index in [0.29, 0.717) is 5.88 Å². The highest BCUT2D eigenvalue weighted by Gasteiger charge is 2.21. The Balaban J connectivity index is 2.16. The number of fused-ring (bicyclic) bond motifs is 1. The van der Waals surface area contributed by atoms with E-state index in [1.807, 2.05) is 45.5 Å². The van der Waals surface area contributed by atoms with Crippen LogP contribution in [0.3, 0.4) is 0 Å². The van der Waals surface area contributed by atoms with Crippen molar-refractivity contribution < 1.29 is 4.74 Å². The van der Waals surface area contributed by atoms with Crippen LogP contribution >= 0.6 is 0 Å². The molecule has 132 valence electrons. The topological polar surface area (TPSA) is 69.3 Å². The van der Waals surface area contributed by atoms with Gasteiger partial charge in [0.25, 0.3) is 0 Å². The smallest absolute Gasteiger partial charge is 0.221 e. The molecule has 3 heterocycles. The first kappa shape index (κ1) is 17.2. The van der Waals surface area contributed by atoms with Crippen molar-refractivity contribution in [1.29, 1.82) is 0 Å². The Bertz CT molecular complexity index is 923. The molecular weight excluding hydrogens is 316 g/mol. The lowest BCUT2D eigenvalue weighted by Gasteiger charge is -2.16. The molecule has 0 aromatic carbocycles. The van der Waals surface area contributed by atoms with Gasteiger partial charge in [-0.05, 0) is 33.9 Å². The standard InChI is InChI=1S/C18H24N6O/c1-7-14-9-20-17-13(4)21-15(10-24(14)17)16-12(3)22-23(6)18(16)25-11(2)8-19-5/h7,9-11,19H,1,8H2,2-6H3. The highest BCUT2D eigenvalue weighted by Crippen LogP contribution is 2.33. The summed E-state index contributed by atoms with van der Waals surface area (Å²) in [7, 11) is 3.79. The van der Waals surface area contributed by atoms with Crippen LogP contribution in [0.5, 0.6) is 5.88 Å². The summed E-state index contributed by atoms with van der Waals surface area (Å²) in [5.74, 6) is 0.715. The lowest BCUT2D eigenvalue weighted by atomic mass is 10.2. The second kappa shape index (κ2) is 6.68. The summed E-state index contributed by atoms with van der Waals surface area (Å²) < 4.78 is 9.90. The average molecular weight is 340 g/mol. The largest absolute Gasteiger partial charge is 0.473 e. The summed E-state index contributed by atoms with van der Waals surface area (Å²) >= 11 is 0. The van der Waals surface area contributed by atoms with Crippen molar-refractivity contribution in [2.45, 2.75) is 26.9 Å². The van der Waals surface area contributed by atoms with Gasteiger partial charge in [-0.3, -0.25) is 4.40 Å². The number of ether oxygens (including phenoxy) is 1. The number of rotatable bonds is 6. The minimum absolute atomic E-state index is 0.0142. The fraction of sp³-hybridized carbons (Fsp3) is 0.389. The third-order valence-corrected chi connectivity index (χ3v) is 4.13. The van der Waals surface area contributed by atoms with Crippen LogP contribution < -0.4 is 10.1 Å². The molecule has 1 atom stereocenters. The zero-order valence-corrected chi connectivity index (χ0v) is 15.4. The molecule has 1 N–H and O–H groups in total. The average Bonchev–Trinajstić information content (AvgIpc) is 3.09. The second-order valence-electron chi connectivity index (χ2n) is 6.17. The van der Waals surface area contributed by atoms with E-state index >= 15 is 0 Å². The predicted molar refractivity (Wildman–Crippen MR) is 98.8 cm³/mol. The summed E-state index contributed by atoms with van der Waals surface area (Å²) in [6, 6.07) is 0. The third kappa shape index (κ3) is 3.02. The van der Waals surface area contributed by atoms with Crippen LogP contribution in [-0.4, -0.2) is 43.8 Å². The third-order valence-electron chi connectivity index (χ3n) is 4.13. The Morgan fingerprint density at radius 2 is 2.12 bits per heavy atom. The Morgan fingerprint density at radius 1 is 1.36 bits per heavy atom. The molecule has 3 aromatic heterocycles. The van der Waals surface area contributed by atoms with Gasteiger partial charge < -0.3 is 10.1 Å². The van der Waals surface area contributed by atoms with Crippen LogP contribution in [0.25, 0.3) is 23.0 Å². The van der Waals surface area contributed by atoms with E-state index in [9.17, 15) is 0 Å². The molecular formula is C18H24N6O. The summed E-state index contributed by atoms with van der Waals surface area (Å²) in [6.45, 7) is 10.5. The van der Waals surface area contributed by atoms with E-state index in [1.165, 1.54) is 0 Å². The summed E-state index contributed by atoms with van der Waals surface area (Å²) in [6.07, 6.45) is 5.56. The summed E-state index contributed by atoms with van der Waals surface area (Å²) in [5, 5.41) is 7.65. The number of hydrogen-bond donors (Lipinski definition) is 1. The molecule has 7 heteroatoms. The summed E-state index contributed by atoms with van der Waals surface area (Å²) in [4.78, 5) is 9.16. The van der Waals surface area contributed by atoms with Crippen LogP contribution in [0.2, 0.25) is 0 Å². The SMILES string of the molecule is C=Cc1cnc2c(C)nc(-c3c(C)nn(C)c3OC(C)CNC)cn12. The number of imidazole rings is 1.